The van der Waals surface area contributed by atoms with E-state index in [1.807, 2.05) is 0 Å². The predicted molar refractivity (Wildman–Crippen MR) is 67.0 cm³/mol. The van der Waals surface area contributed by atoms with E-state index < -0.39 is 5.60 Å². The number of carbonyl (C=O) groups is 2. The van der Waals surface area contributed by atoms with Gasteiger partial charge in [-0.3, -0.25) is 9.59 Å². The molecule has 3 aliphatic carbocycles. The van der Waals surface area contributed by atoms with Crippen molar-refractivity contribution in [2.24, 2.45) is 11.8 Å². The van der Waals surface area contributed by atoms with Crippen LogP contribution in [-0.2, 0) is 9.59 Å². The molecule has 0 heterocycles. The highest BCUT2D eigenvalue weighted by Gasteiger charge is 2.50. The number of fused-ring (bicyclic) bond motifs is 2. The molecule has 1 fully saturated rings. The zero-order valence-corrected chi connectivity index (χ0v) is 10.9. The van der Waals surface area contributed by atoms with Crippen LogP contribution in [0.5, 0.6) is 0 Å². The summed E-state index contributed by atoms with van der Waals surface area (Å²) in [4.78, 5) is 23.1. The Hall–Kier alpha value is -0.960. The molecule has 1 N–H and O–H groups in total. The maximum Gasteiger partial charge on any atom is 0.161 e. The summed E-state index contributed by atoms with van der Waals surface area (Å²) in [6.07, 6.45) is 5.38. The highest BCUT2D eigenvalue weighted by molar-refractivity contribution is 5.85. The van der Waals surface area contributed by atoms with E-state index >= 15 is 0 Å². The van der Waals surface area contributed by atoms with Gasteiger partial charge in [0.1, 0.15) is 11.4 Å². The molecule has 0 spiro atoms. The Kier molecular flexibility index (Phi) is 2.70. The van der Waals surface area contributed by atoms with Gasteiger partial charge in [-0.05, 0) is 50.9 Å². The lowest BCUT2D eigenvalue weighted by molar-refractivity contribution is -0.134. The second-order valence-corrected chi connectivity index (χ2v) is 6.25. The third-order valence-electron chi connectivity index (χ3n) is 5.18. The number of ketones is 2. The zero-order valence-electron chi connectivity index (χ0n) is 10.9. The minimum atomic E-state index is -1.10. The van der Waals surface area contributed by atoms with E-state index in [0.717, 1.165) is 19.3 Å². The first-order chi connectivity index (χ1) is 8.49. The lowest BCUT2D eigenvalue weighted by Gasteiger charge is -2.33. The zero-order chi connectivity index (χ0) is 12.9. The highest BCUT2D eigenvalue weighted by atomic mass is 16.3. The number of carbonyl (C=O) groups excluding carboxylic acids is 2. The Morgan fingerprint density at radius 1 is 1.28 bits per heavy atom. The van der Waals surface area contributed by atoms with Gasteiger partial charge >= 0.3 is 0 Å². The second kappa shape index (κ2) is 4.02. The van der Waals surface area contributed by atoms with Gasteiger partial charge in [0, 0.05) is 12.8 Å². The Morgan fingerprint density at radius 3 is 2.78 bits per heavy atom. The number of aliphatic hydroxyl groups is 1. The third kappa shape index (κ3) is 1.76. The molecule has 3 heteroatoms. The molecule has 98 valence electrons. The fourth-order valence-electron chi connectivity index (χ4n) is 4.14. The normalized spacial score (nSPS) is 39.6. The second-order valence-electron chi connectivity index (χ2n) is 6.25. The van der Waals surface area contributed by atoms with Crippen LogP contribution < -0.4 is 0 Å². The number of rotatable bonds is 1. The summed E-state index contributed by atoms with van der Waals surface area (Å²) < 4.78 is 0. The minimum Gasteiger partial charge on any atom is -0.382 e. The van der Waals surface area contributed by atoms with Gasteiger partial charge in [0.2, 0.25) is 0 Å². The van der Waals surface area contributed by atoms with Crippen LogP contribution in [0.2, 0.25) is 0 Å². The summed E-state index contributed by atoms with van der Waals surface area (Å²) in [5.74, 6) is 1.07. The molecule has 0 amide bonds. The Labute approximate surface area is 107 Å². The Balaban J connectivity index is 1.89. The summed E-state index contributed by atoms with van der Waals surface area (Å²) in [7, 11) is 0. The lowest BCUT2D eigenvalue weighted by atomic mass is 9.71. The molecule has 0 bridgehead atoms. The molecule has 3 rings (SSSR count). The fourth-order valence-corrected chi connectivity index (χ4v) is 4.14. The molecule has 1 saturated carbocycles. The van der Waals surface area contributed by atoms with Gasteiger partial charge in [0.15, 0.2) is 5.78 Å². The van der Waals surface area contributed by atoms with Crippen LogP contribution in [0.15, 0.2) is 11.1 Å². The first-order valence-electron chi connectivity index (χ1n) is 6.95. The molecular weight excluding hydrogens is 228 g/mol. The molecule has 0 aromatic heterocycles. The van der Waals surface area contributed by atoms with E-state index in [9.17, 15) is 14.7 Å². The first-order valence-corrected chi connectivity index (χ1v) is 6.95. The predicted octanol–water partition coefficient (Wildman–Crippen LogP) is 2.18. The largest absolute Gasteiger partial charge is 0.382 e. The van der Waals surface area contributed by atoms with Gasteiger partial charge in [-0.1, -0.05) is 11.1 Å². The van der Waals surface area contributed by atoms with E-state index in [1.165, 1.54) is 18.1 Å². The Bertz CT molecular complexity index is 449. The van der Waals surface area contributed by atoms with Crippen LogP contribution in [0.25, 0.3) is 0 Å². The van der Waals surface area contributed by atoms with Gasteiger partial charge in [0.25, 0.3) is 0 Å². The molecule has 0 radical (unpaired) electrons. The van der Waals surface area contributed by atoms with Crippen LogP contribution in [0.4, 0.5) is 0 Å². The van der Waals surface area contributed by atoms with Gasteiger partial charge in [0.05, 0.1) is 0 Å². The third-order valence-corrected chi connectivity index (χ3v) is 5.18. The van der Waals surface area contributed by atoms with Crippen LogP contribution in [0.3, 0.4) is 0 Å². The highest BCUT2D eigenvalue weighted by Crippen LogP contribution is 2.52. The summed E-state index contributed by atoms with van der Waals surface area (Å²) in [5.41, 5.74) is 1.63. The van der Waals surface area contributed by atoms with Gasteiger partial charge in [-0.25, -0.2) is 0 Å². The summed E-state index contributed by atoms with van der Waals surface area (Å²) >= 11 is 0. The number of Topliss-reactive ketones (excluding diaryl/α,β-unsaturated/α-hetero) is 2. The number of allylic oxidation sites excluding steroid dienone is 2. The molecule has 0 unspecified atom stereocenters. The van der Waals surface area contributed by atoms with E-state index in [0.29, 0.717) is 43.3 Å². The van der Waals surface area contributed by atoms with Crippen molar-refractivity contribution in [2.75, 3.05) is 0 Å². The quantitative estimate of drug-likeness (QED) is 0.724. The van der Waals surface area contributed by atoms with Crippen LogP contribution >= 0.6 is 0 Å². The number of hydrogen-bond acceptors (Lipinski definition) is 3. The average Bonchev–Trinajstić information content (AvgIpc) is 2.67. The van der Waals surface area contributed by atoms with Crippen molar-refractivity contribution in [3.8, 4) is 0 Å². The molecule has 18 heavy (non-hydrogen) atoms. The lowest BCUT2D eigenvalue weighted by Crippen LogP contribution is -2.34. The van der Waals surface area contributed by atoms with Crippen LogP contribution in [-0.4, -0.2) is 22.3 Å². The smallest absolute Gasteiger partial charge is 0.161 e. The maximum absolute atomic E-state index is 11.6. The van der Waals surface area contributed by atoms with Crippen molar-refractivity contribution in [1.82, 2.24) is 0 Å². The monoisotopic (exact) mass is 248 g/mol. The summed E-state index contributed by atoms with van der Waals surface area (Å²) in [6.45, 7) is 1.50. The SMILES string of the molecule is CC(=O)[C@@]1(O)C[C@@H]2CCC3=C(CCC(=O)C3)[C@@H]2C1. The van der Waals surface area contributed by atoms with Crippen LogP contribution in [0, 0.1) is 11.8 Å². The molecule has 0 saturated heterocycles. The topological polar surface area (TPSA) is 54.4 Å². The van der Waals surface area contributed by atoms with Gasteiger partial charge < -0.3 is 5.11 Å². The molecule has 3 aliphatic rings. The van der Waals surface area contributed by atoms with Crippen molar-refractivity contribution in [1.29, 1.82) is 0 Å². The molecular formula is C15H20O3. The van der Waals surface area contributed by atoms with E-state index in [-0.39, 0.29) is 5.78 Å². The van der Waals surface area contributed by atoms with Gasteiger partial charge in [-0.15, -0.1) is 0 Å². The fraction of sp³-hybridized carbons (Fsp3) is 0.733. The number of hydrogen-bond donors (Lipinski definition) is 1. The Morgan fingerprint density at radius 2 is 2.06 bits per heavy atom. The molecule has 0 aromatic rings. The first kappa shape index (κ1) is 12.1. The average molecular weight is 248 g/mol. The van der Waals surface area contributed by atoms with Gasteiger partial charge in [-0.2, -0.15) is 0 Å². The summed E-state index contributed by atoms with van der Waals surface area (Å²) in [6, 6.07) is 0. The minimum absolute atomic E-state index is 0.0917. The molecule has 3 nitrogen and oxygen atoms in total. The molecule has 0 aliphatic heterocycles. The molecule has 0 aromatic carbocycles. The summed E-state index contributed by atoms with van der Waals surface area (Å²) in [5, 5.41) is 10.4. The van der Waals surface area contributed by atoms with Crippen molar-refractivity contribution in [3.05, 3.63) is 11.1 Å². The van der Waals surface area contributed by atoms with Crippen molar-refractivity contribution in [2.45, 2.75) is 57.5 Å². The van der Waals surface area contributed by atoms with Crippen LogP contribution in [0.1, 0.15) is 51.9 Å². The van der Waals surface area contributed by atoms with E-state index in [4.69, 9.17) is 0 Å². The molecule has 3 atom stereocenters. The van der Waals surface area contributed by atoms with Crippen molar-refractivity contribution >= 4 is 11.6 Å². The van der Waals surface area contributed by atoms with Crippen molar-refractivity contribution < 1.29 is 14.7 Å². The van der Waals surface area contributed by atoms with E-state index in [1.54, 1.807) is 0 Å². The van der Waals surface area contributed by atoms with E-state index in [2.05, 4.69) is 0 Å². The standard InChI is InChI=1S/C15H20O3/c1-9(16)15(18)7-11-3-2-10-6-12(17)4-5-13(10)14(11)8-15/h11,14,18H,2-8H2,1H3/t11-,14+,15+/m0/s1. The maximum atomic E-state index is 11.6. The van der Waals surface area contributed by atoms with Crippen molar-refractivity contribution in [3.63, 3.8) is 0 Å².